The number of rotatable bonds is 8. The van der Waals surface area contributed by atoms with E-state index in [1.54, 1.807) is 24.3 Å². The number of benzene rings is 2. The standard InChI is InChI=1S/C20H20ClN3O3S/c1-13(2)14-3-9-17(10-4-14)26-11-19-23-24-20(27-19)28-12-18(25)22-16-7-5-15(21)6-8-16/h3-10,13H,11-12H2,1-2H3,(H,22,25). The number of amides is 1. The topological polar surface area (TPSA) is 77.2 Å². The maximum atomic E-state index is 12.0. The molecule has 8 heteroatoms. The monoisotopic (exact) mass is 417 g/mol. The minimum absolute atomic E-state index is 0.155. The molecule has 28 heavy (non-hydrogen) atoms. The first-order valence-electron chi connectivity index (χ1n) is 8.73. The largest absolute Gasteiger partial charge is 0.484 e. The Morgan fingerprint density at radius 3 is 2.54 bits per heavy atom. The Hall–Kier alpha value is -2.51. The van der Waals surface area contributed by atoms with Crippen LogP contribution >= 0.6 is 23.4 Å². The van der Waals surface area contributed by atoms with E-state index in [2.05, 4.69) is 29.4 Å². The molecule has 0 unspecified atom stereocenters. The first kappa shape index (κ1) is 20.2. The molecule has 1 aromatic heterocycles. The summed E-state index contributed by atoms with van der Waals surface area (Å²) in [6.07, 6.45) is 0. The second kappa shape index (κ2) is 9.61. The van der Waals surface area contributed by atoms with Crippen molar-refractivity contribution in [1.29, 1.82) is 0 Å². The van der Waals surface area contributed by atoms with Crippen molar-refractivity contribution in [3.05, 3.63) is 65.0 Å². The second-order valence-corrected chi connectivity index (χ2v) is 7.68. The summed E-state index contributed by atoms with van der Waals surface area (Å²) >= 11 is 6.99. The van der Waals surface area contributed by atoms with Gasteiger partial charge in [-0.25, -0.2) is 0 Å². The van der Waals surface area contributed by atoms with Crippen LogP contribution in [0.25, 0.3) is 0 Å². The summed E-state index contributed by atoms with van der Waals surface area (Å²) in [6.45, 7) is 4.46. The van der Waals surface area contributed by atoms with Crippen LogP contribution < -0.4 is 10.1 Å². The third kappa shape index (κ3) is 6.00. The Balaban J connectivity index is 1.44. The van der Waals surface area contributed by atoms with Gasteiger partial charge in [0, 0.05) is 10.7 Å². The van der Waals surface area contributed by atoms with Gasteiger partial charge >= 0.3 is 0 Å². The first-order chi connectivity index (χ1) is 13.5. The van der Waals surface area contributed by atoms with E-state index in [4.69, 9.17) is 20.8 Å². The third-order valence-electron chi connectivity index (χ3n) is 3.81. The molecule has 1 N–H and O–H groups in total. The quantitative estimate of drug-likeness (QED) is 0.510. The number of carbonyl (C=O) groups excluding carboxylic acids is 1. The lowest BCUT2D eigenvalue weighted by atomic mass is 10.0. The van der Waals surface area contributed by atoms with Crippen LogP contribution in [-0.2, 0) is 11.4 Å². The molecule has 0 fully saturated rings. The van der Waals surface area contributed by atoms with Crippen LogP contribution in [0.2, 0.25) is 5.02 Å². The highest BCUT2D eigenvalue weighted by atomic mass is 35.5. The Morgan fingerprint density at radius 2 is 1.86 bits per heavy atom. The van der Waals surface area contributed by atoms with Crippen molar-refractivity contribution in [2.24, 2.45) is 0 Å². The average molecular weight is 418 g/mol. The van der Waals surface area contributed by atoms with E-state index in [0.717, 1.165) is 17.5 Å². The van der Waals surface area contributed by atoms with Crippen LogP contribution in [0.5, 0.6) is 5.75 Å². The SMILES string of the molecule is CC(C)c1ccc(OCc2nnc(SCC(=O)Nc3ccc(Cl)cc3)o2)cc1. The number of ether oxygens (including phenoxy) is 1. The lowest BCUT2D eigenvalue weighted by Crippen LogP contribution is -2.13. The van der Waals surface area contributed by atoms with Gasteiger partial charge in [0.15, 0.2) is 6.61 Å². The van der Waals surface area contributed by atoms with Crippen molar-refractivity contribution >= 4 is 35.0 Å². The minimum atomic E-state index is -0.173. The molecule has 1 heterocycles. The summed E-state index contributed by atoms with van der Waals surface area (Å²) in [6, 6.07) is 14.8. The summed E-state index contributed by atoms with van der Waals surface area (Å²) < 4.78 is 11.2. The Labute approximate surface area is 172 Å². The van der Waals surface area contributed by atoms with Crippen LogP contribution in [0.15, 0.2) is 58.2 Å². The number of aromatic nitrogens is 2. The number of anilines is 1. The zero-order chi connectivity index (χ0) is 19.9. The van der Waals surface area contributed by atoms with Gasteiger partial charge < -0.3 is 14.5 Å². The number of nitrogens with zero attached hydrogens (tertiary/aromatic N) is 2. The Kier molecular flexibility index (Phi) is 6.95. The van der Waals surface area contributed by atoms with Crippen LogP contribution in [0.1, 0.15) is 31.2 Å². The molecular weight excluding hydrogens is 398 g/mol. The molecular formula is C20H20ClN3O3S. The van der Waals surface area contributed by atoms with Crippen LogP contribution in [-0.4, -0.2) is 21.9 Å². The minimum Gasteiger partial charge on any atom is -0.484 e. The van der Waals surface area contributed by atoms with E-state index >= 15 is 0 Å². The van der Waals surface area contributed by atoms with Crippen LogP contribution in [0.4, 0.5) is 5.69 Å². The molecule has 0 radical (unpaired) electrons. The highest BCUT2D eigenvalue weighted by molar-refractivity contribution is 7.99. The number of carbonyl (C=O) groups is 1. The van der Waals surface area contributed by atoms with Gasteiger partial charge in [-0.15, -0.1) is 10.2 Å². The van der Waals surface area contributed by atoms with Gasteiger partial charge in [-0.2, -0.15) is 0 Å². The smallest absolute Gasteiger partial charge is 0.277 e. The number of thioether (sulfide) groups is 1. The van der Waals surface area contributed by atoms with Crippen molar-refractivity contribution < 1.29 is 13.9 Å². The molecule has 1 amide bonds. The fourth-order valence-electron chi connectivity index (χ4n) is 2.31. The molecule has 0 aliphatic heterocycles. The summed E-state index contributed by atoms with van der Waals surface area (Å²) in [5.74, 6) is 1.55. The first-order valence-corrected chi connectivity index (χ1v) is 10.1. The lowest BCUT2D eigenvalue weighted by Gasteiger charge is -2.07. The molecule has 6 nitrogen and oxygen atoms in total. The number of nitrogens with one attached hydrogen (secondary N) is 1. The summed E-state index contributed by atoms with van der Waals surface area (Å²) in [5.41, 5.74) is 1.93. The molecule has 0 saturated carbocycles. The van der Waals surface area contributed by atoms with E-state index in [-0.39, 0.29) is 18.3 Å². The molecule has 146 valence electrons. The van der Waals surface area contributed by atoms with Crippen molar-refractivity contribution in [3.8, 4) is 5.75 Å². The normalized spacial score (nSPS) is 10.9. The van der Waals surface area contributed by atoms with Gasteiger partial charge in [0.05, 0.1) is 5.75 Å². The van der Waals surface area contributed by atoms with Gasteiger partial charge in [-0.3, -0.25) is 4.79 Å². The summed E-state index contributed by atoms with van der Waals surface area (Å²) in [4.78, 5) is 12.0. The molecule has 0 aliphatic rings. The predicted molar refractivity (Wildman–Crippen MR) is 110 cm³/mol. The van der Waals surface area contributed by atoms with E-state index in [1.165, 1.54) is 5.56 Å². The molecule has 0 aliphatic carbocycles. The van der Waals surface area contributed by atoms with Crippen molar-refractivity contribution in [2.45, 2.75) is 31.6 Å². The van der Waals surface area contributed by atoms with Crippen molar-refractivity contribution in [2.75, 3.05) is 11.1 Å². The predicted octanol–water partition coefficient (Wildman–Crippen LogP) is 5.16. The molecule has 0 bridgehead atoms. The molecule has 3 aromatic rings. The molecule has 0 spiro atoms. The van der Waals surface area contributed by atoms with E-state index in [1.807, 2.05) is 24.3 Å². The Bertz CT molecular complexity index is 911. The highest BCUT2D eigenvalue weighted by Crippen LogP contribution is 2.21. The number of hydrogen-bond acceptors (Lipinski definition) is 6. The third-order valence-corrected chi connectivity index (χ3v) is 4.88. The van der Waals surface area contributed by atoms with Gasteiger partial charge in [-0.05, 0) is 47.9 Å². The van der Waals surface area contributed by atoms with Crippen LogP contribution in [0.3, 0.4) is 0 Å². The fourth-order valence-corrected chi connectivity index (χ4v) is 3.01. The number of hydrogen-bond donors (Lipinski definition) is 1. The Morgan fingerprint density at radius 1 is 1.14 bits per heavy atom. The van der Waals surface area contributed by atoms with E-state index in [9.17, 15) is 4.79 Å². The van der Waals surface area contributed by atoms with Gasteiger partial charge in [0.2, 0.25) is 5.91 Å². The van der Waals surface area contributed by atoms with Crippen LogP contribution in [0, 0.1) is 0 Å². The number of halogens is 1. The highest BCUT2D eigenvalue weighted by Gasteiger charge is 2.11. The summed E-state index contributed by atoms with van der Waals surface area (Å²) in [7, 11) is 0. The van der Waals surface area contributed by atoms with E-state index < -0.39 is 0 Å². The van der Waals surface area contributed by atoms with E-state index in [0.29, 0.717) is 27.7 Å². The van der Waals surface area contributed by atoms with Crippen molar-refractivity contribution in [3.63, 3.8) is 0 Å². The lowest BCUT2D eigenvalue weighted by molar-refractivity contribution is -0.113. The second-order valence-electron chi connectivity index (χ2n) is 6.32. The fraction of sp³-hybridized carbons (Fsp3) is 0.250. The maximum Gasteiger partial charge on any atom is 0.277 e. The molecule has 0 saturated heterocycles. The van der Waals surface area contributed by atoms with Gasteiger partial charge in [-0.1, -0.05) is 49.3 Å². The molecule has 3 rings (SSSR count). The van der Waals surface area contributed by atoms with Gasteiger partial charge in [0.1, 0.15) is 5.75 Å². The van der Waals surface area contributed by atoms with Crippen molar-refractivity contribution in [1.82, 2.24) is 10.2 Å². The maximum absolute atomic E-state index is 12.0. The average Bonchev–Trinajstić information content (AvgIpc) is 3.15. The zero-order valence-electron chi connectivity index (χ0n) is 15.5. The molecule has 0 atom stereocenters. The molecule has 2 aromatic carbocycles. The zero-order valence-corrected chi connectivity index (χ0v) is 17.1. The van der Waals surface area contributed by atoms with Gasteiger partial charge in [0.25, 0.3) is 11.1 Å². The summed E-state index contributed by atoms with van der Waals surface area (Å²) in [5, 5.41) is 11.6.